The molecular formula is C50H95O9P. The number of unbranched alkanes of at least 4 members (excludes halogenated alkanes) is 28. The standard InChI is InChI=1S/C50H95O9P/c1-3-5-7-9-11-13-15-17-19-20-21-22-23-24-25-26-27-29-31-33-35-37-39-41-43-56-46-49(47-58-60(54,55)57-45-48(52)44-51)59-50(53)42-40-38-36-34-32-30-28-18-16-14-12-10-8-6-4-2/h12,14,18,20-21,28,48-49,51-52H,3-11,13,15-17,19,22-27,29-47H2,1-2H3,(H,54,55)/b14-12-,21-20-,28-18-. The first kappa shape index (κ1) is 58.7. The number of hydrogen-bond donors (Lipinski definition) is 3. The van der Waals surface area contributed by atoms with E-state index in [0.717, 1.165) is 57.8 Å². The Morgan fingerprint density at radius 3 is 1.38 bits per heavy atom. The zero-order valence-corrected chi connectivity index (χ0v) is 39.8. The van der Waals surface area contributed by atoms with Crippen molar-refractivity contribution >= 4 is 13.8 Å². The van der Waals surface area contributed by atoms with E-state index in [1.54, 1.807) is 0 Å². The number of carbonyl (C=O) groups is 1. The van der Waals surface area contributed by atoms with Gasteiger partial charge < -0.3 is 24.6 Å². The van der Waals surface area contributed by atoms with Crippen molar-refractivity contribution in [3.05, 3.63) is 36.5 Å². The molecule has 0 spiro atoms. The molecule has 0 aliphatic heterocycles. The average molecular weight is 871 g/mol. The fourth-order valence-corrected chi connectivity index (χ4v) is 7.76. The molecule has 0 aromatic heterocycles. The molecule has 0 aliphatic carbocycles. The molecule has 0 radical (unpaired) electrons. The molecule has 354 valence electrons. The van der Waals surface area contributed by atoms with Crippen LogP contribution in [0.2, 0.25) is 0 Å². The topological polar surface area (TPSA) is 132 Å². The van der Waals surface area contributed by atoms with Crippen LogP contribution in [-0.2, 0) is 27.9 Å². The third-order valence-electron chi connectivity index (χ3n) is 10.8. The van der Waals surface area contributed by atoms with Crippen molar-refractivity contribution in [1.82, 2.24) is 0 Å². The second kappa shape index (κ2) is 47.2. The average Bonchev–Trinajstić information content (AvgIpc) is 3.24. The van der Waals surface area contributed by atoms with E-state index in [4.69, 9.17) is 23.6 Å². The summed E-state index contributed by atoms with van der Waals surface area (Å²) < 4.78 is 33.5. The van der Waals surface area contributed by atoms with Gasteiger partial charge in [0.2, 0.25) is 0 Å². The molecule has 60 heavy (non-hydrogen) atoms. The van der Waals surface area contributed by atoms with Gasteiger partial charge in [0.05, 0.1) is 26.4 Å². The van der Waals surface area contributed by atoms with Gasteiger partial charge in [0.25, 0.3) is 0 Å². The summed E-state index contributed by atoms with van der Waals surface area (Å²) in [6.07, 6.45) is 52.6. The Labute approximate surface area is 369 Å². The maximum Gasteiger partial charge on any atom is 0.472 e. The van der Waals surface area contributed by atoms with E-state index in [9.17, 15) is 19.4 Å². The molecule has 0 aromatic carbocycles. The van der Waals surface area contributed by atoms with Crippen molar-refractivity contribution in [2.45, 2.75) is 244 Å². The summed E-state index contributed by atoms with van der Waals surface area (Å²) in [5.41, 5.74) is 0. The van der Waals surface area contributed by atoms with Crippen LogP contribution in [0.5, 0.6) is 0 Å². The van der Waals surface area contributed by atoms with E-state index in [1.807, 2.05) is 0 Å². The maximum atomic E-state index is 12.6. The predicted octanol–water partition coefficient (Wildman–Crippen LogP) is 14.4. The first-order valence-electron chi connectivity index (χ1n) is 25.0. The predicted molar refractivity (Wildman–Crippen MR) is 251 cm³/mol. The number of aliphatic hydroxyl groups is 2. The molecule has 0 aliphatic rings. The minimum absolute atomic E-state index is 0.0449. The van der Waals surface area contributed by atoms with E-state index < -0.39 is 39.2 Å². The largest absolute Gasteiger partial charge is 0.472 e. The lowest BCUT2D eigenvalue weighted by Crippen LogP contribution is -2.29. The van der Waals surface area contributed by atoms with Crippen molar-refractivity contribution in [3.63, 3.8) is 0 Å². The summed E-state index contributed by atoms with van der Waals surface area (Å²) in [6, 6.07) is 0. The van der Waals surface area contributed by atoms with Gasteiger partial charge in [-0.05, 0) is 70.6 Å². The first-order chi connectivity index (χ1) is 29.3. The van der Waals surface area contributed by atoms with Crippen molar-refractivity contribution in [2.75, 3.05) is 33.0 Å². The molecule has 3 N–H and O–H groups in total. The number of carbonyl (C=O) groups excluding carboxylic acids is 1. The van der Waals surface area contributed by atoms with Crippen LogP contribution in [0.3, 0.4) is 0 Å². The monoisotopic (exact) mass is 871 g/mol. The molecule has 3 unspecified atom stereocenters. The van der Waals surface area contributed by atoms with Crippen LogP contribution in [0.4, 0.5) is 0 Å². The lowest BCUT2D eigenvalue weighted by Gasteiger charge is -2.20. The normalized spacial score (nSPS) is 14.2. The zero-order valence-electron chi connectivity index (χ0n) is 38.9. The molecular weight excluding hydrogens is 776 g/mol. The number of ether oxygens (including phenoxy) is 2. The highest BCUT2D eigenvalue weighted by atomic mass is 31.2. The Kier molecular flexibility index (Phi) is 46.1. The molecule has 0 heterocycles. The fraction of sp³-hybridized carbons (Fsp3) is 0.860. The van der Waals surface area contributed by atoms with Crippen molar-refractivity contribution < 1.29 is 43.0 Å². The van der Waals surface area contributed by atoms with Gasteiger partial charge in [-0.1, -0.05) is 192 Å². The summed E-state index contributed by atoms with van der Waals surface area (Å²) >= 11 is 0. The molecule has 0 fully saturated rings. The maximum absolute atomic E-state index is 12.6. The smallest absolute Gasteiger partial charge is 0.457 e. The van der Waals surface area contributed by atoms with Gasteiger partial charge in [-0.3, -0.25) is 13.8 Å². The number of phosphoric acid groups is 1. The van der Waals surface area contributed by atoms with Gasteiger partial charge in [-0.25, -0.2) is 4.57 Å². The molecule has 0 saturated heterocycles. The Bertz CT molecular complexity index is 1030. The lowest BCUT2D eigenvalue weighted by atomic mass is 10.0. The molecule has 3 atom stereocenters. The SMILES string of the molecule is CCCCC/C=C\C/C=C\CCCCCCCC(=O)OC(COCCCCCCCCCCCCCC/C=C\CCCCCCCCCC)COP(=O)(O)OCC(O)CO. The van der Waals surface area contributed by atoms with Gasteiger partial charge in [-0.2, -0.15) is 0 Å². The molecule has 0 bridgehead atoms. The number of hydrogen-bond acceptors (Lipinski definition) is 8. The minimum Gasteiger partial charge on any atom is -0.457 e. The van der Waals surface area contributed by atoms with Crippen LogP contribution in [0.15, 0.2) is 36.5 Å². The zero-order chi connectivity index (χ0) is 43.9. The van der Waals surface area contributed by atoms with Crippen LogP contribution in [-0.4, -0.2) is 66.3 Å². The molecule has 0 amide bonds. The van der Waals surface area contributed by atoms with Crippen LogP contribution >= 0.6 is 7.82 Å². The van der Waals surface area contributed by atoms with E-state index in [0.29, 0.717) is 13.0 Å². The van der Waals surface area contributed by atoms with E-state index >= 15 is 0 Å². The summed E-state index contributed by atoms with van der Waals surface area (Å²) in [7, 11) is -4.52. The Morgan fingerprint density at radius 2 is 0.900 bits per heavy atom. The molecule has 9 nitrogen and oxygen atoms in total. The van der Waals surface area contributed by atoms with Gasteiger partial charge in [0.1, 0.15) is 12.2 Å². The quantitative estimate of drug-likeness (QED) is 0.0237. The van der Waals surface area contributed by atoms with E-state index in [-0.39, 0.29) is 19.6 Å². The van der Waals surface area contributed by atoms with Crippen LogP contribution in [0.1, 0.15) is 232 Å². The highest BCUT2D eigenvalue weighted by Crippen LogP contribution is 2.43. The third kappa shape index (κ3) is 46.2. The summed E-state index contributed by atoms with van der Waals surface area (Å²) in [6.45, 7) is 3.50. The summed E-state index contributed by atoms with van der Waals surface area (Å²) in [5.74, 6) is -0.394. The lowest BCUT2D eigenvalue weighted by molar-refractivity contribution is -0.154. The highest BCUT2D eigenvalue weighted by Gasteiger charge is 2.26. The van der Waals surface area contributed by atoms with E-state index in [1.165, 1.54) is 148 Å². The second-order valence-corrected chi connectivity index (χ2v) is 18.3. The number of allylic oxidation sites excluding steroid dienone is 6. The summed E-state index contributed by atoms with van der Waals surface area (Å²) in [5, 5.41) is 18.4. The minimum atomic E-state index is -4.52. The molecule has 0 aromatic rings. The number of rotatable bonds is 48. The van der Waals surface area contributed by atoms with Crippen molar-refractivity contribution in [3.8, 4) is 0 Å². The first-order valence-corrected chi connectivity index (χ1v) is 26.5. The van der Waals surface area contributed by atoms with Gasteiger partial charge in [-0.15, -0.1) is 0 Å². The van der Waals surface area contributed by atoms with E-state index in [2.05, 4.69) is 50.3 Å². The highest BCUT2D eigenvalue weighted by molar-refractivity contribution is 7.47. The van der Waals surface area contributed by atoms with Crippen LogP contribution in [0, 0.1) is 0 Å². The van der Waals surface area contributed by atoms with Crippen LogP contribution in [0.25, 0.3) is 0 Å². The summed E-state index contributed by atoms with van der Waals surface area (Å²) in [4.78, 5) is 22.6. The van der Waals surface area contributed by atoms with Crippen molar-refractivity contribution in [2.24, 2.45) is 0 Å². The van der Waals surface area contributed by atoms with Gasteiger partial charge in [0, 0.05) is 13.0 Å². The second-order valence-electron chi connectivity index (χ2n) is 16.8. The van der Waals surface area contributed by atoms with Gasteiger partial charge >= 0.3 is 13.8 Å². The van der Waals surface area contributed by atoms with Crippen LogP contribution < -0.4 is 0 Å². The number of esters is 1. The van der Waals surface area contributed by atoms with Gasteiger partial charge in [0.15, 0.2) is 0 Å². The third-order valence-corrected chi connectivity index (χ3v) is 11.7. The number of aliphatic hydroxyl groups excluding tert-OH is 2. The fourth-order valence-electron chi connectivity index (χ4n) is 6.97. The number of phosphoric ester groups is 1. The molecule has 0 saturated carbocycles. The Hall–Kier alpha value is -1.32. The Balaban J connectivity index is 4.04. The van der Waals surface area contributed by atoms with Crippen molar-refractivity contribution in [1.29, 1.82) is 0 Å². The molecule has 0 rings (SSSR count). The molecule has 10 heteroatoms. The Morgan fingerprint density at radius 1 is 0.517 bits per heavy atom.